The molecule has 2 aromatic carbocycles. The van der Waals surface area contributed by atoms with Gasteiger partial charge in [0.1, 0.15) is 29.9 Å². The highest BCUT2D eigenvalue weighted by Gasteiger charge is 2.26. The molecule has 154 valence electrons. The summed E-state index contributed by atoms with van der Waals surface area (Å²) < 4.78 is 16.8. The van der Waals surface area contributed by atoms with Crippen molar-refractivity contribution in [2.75, 3.05) is 5.32 Å². The highest BCUT2D eigenvalue weighted by atomic mass is 19.1. The zero-order valence-electron chi connectivity index (χ0n) is 16.8. The van der Waals surface area contributed by atoms with Crippen molar-refractivity contribution in [1.29, 1.82) is 5.26 Å². The van der Waals surface area contributed by atoms with Gasteiger partial charge in [0.2, 0.25) is 5.95 Å². The average Bonchev–Trinajstić information content (AvgIpc) is 3.39. The van der Waals surface area contributed by atoms with Crippen LogP contribution in [0.25, 0.3) is 5.69 Å². The molecule has 0 fully saturated rings. The molecular formula is C22H19FN8. The number of hydrogen-bond acceptors (Lipinski definition) is 6. The normalized spacial score (nSPS) is 15.3. The first-order valence-corrected chi connectivity index (χ1v) is 10.0. The van der Waals surface area contributed by atoms with Gasteiger partial charge < -0.3 is 5.32 Å². The van der Waals surface area contributed by atoms with Crippen molar-refractivity contribution in [1.82, 2.24) is 29.5 Å². The number of nitriles is 1. The second-order valence-corrected chi connectivity index (χ2v) is 7.47. The summed E-state index contributed by atoms with van der Waals surface area (Å²) >= 11 is 0. The molecule has 3 heterocycles. The van der Waals surface area contributed by atoms with E-state index in [1.165, 1.54) is 12.1 Å². The molecule has 1 unspecified atom stereocenters. The summed E-state index contributed by atoms with van der Waals surface area (Å²) in [6, 6.07) is 14.2. The van der Waals surface area contributed by atoms with Crippen LogP contribution in [0, 0.1) is 24.1 Å². The van der Waals surface area contributed by atoms with Crippen LogP contribution in [0.1, 0.15) is 41.5 Å². The highest BCUT2D eigenvalue weighted by molar-refractivity contribution is 5.62. The Morgan fingerprint density at radius 1 is 1.16 bits per heavy atom. The topological polar surface area (TPSA) is 97.2 Å². The number of rotatable bonds is 4. The molecule has 4 aromatic rings. The standard InChI is InChI=1S/C22H19FN8/c1-14-25-13-31(28-14)20-9-8-18(11-16(20)12-24)26-22-27-21-19(3-2-10-30(21)29-22)15-4-6-17(23)7-5-15/h4-9,11,13,19H,2-3,10H2,1H3,(H,26,29). The Bertz CT molecular complexity index is 1280. The largest absolute Gasteiger partial charge is 0.323 e. The van der Waals surface area contributed by atoms with Crippen LogP contribution >= 0.6 is 0 Å². The number of fused-ring (bicyclic) bond motifs is 1. The number of aromatic nitrogens is 6. The molecule has 0 aliphatic carbocycles. The van der Waals surface area contributed by atoms with Gasteiger partial charge in [-0.2, -0.15) is 15.3 Å². The van der Waals surface area contributed by atoms with Crippen LogP contribution in [-0.4, -0.2) is 29.5 Å². The first-order valence-electron chi connectivity index (χ1n) is 10.0. The quantitative estimate of drug-likeness (QED) is 0.545. The molecular weight excluding hydrogens is 395 g/mol. The van der Waals surface area contributed by atoms with Crippen LogP contribution in [0.2, 0.25) is 0 Å². The lowest BCUT2D eigenvalue weighted by Gasteiger charge is -2.22. The van der Waals surface area contributed by atoms with Gasteiger partial charge in [0.05, 0.1) is 11.3 Å². The summed E-state index contributed by atoms with van der Waals surface area (Å²) in [5.41, 5.74) is 2.85. The van der Waals surface area contributed by atoms with Crippen molar-refractivity contribution in [2.24, 2.45) is 0 Å². The molecule has 9 heteroatoms. The van der Waals surface area contributed by atoms with Gasteiger partial charge in [-0.05, 0) is 55.7 Å². The first-order chi connectivity index (χ1) is 15.1. The Morgan fingerprint density at radius 2 is 2.00 bits per heavy atom. The summed E-state index contributed by atoms with van der Waals surface area (Å²) in [5, 5.41) is 21.7. The molecule has 1 N–H and O–H groups in total. The van der Waals surface area contributed by atoms with Gasteiger partial charge >= 0.3 is 0 Å². The van der Waals surface area contributed by atoms with E-state index in [9.17, 15) is 9.65 Å². The zero-order valence-corrected chi connectivity index (χ0v) is 16.8. The van der Waals surface area contributed by atoms with Gasteiger partial charge in [0.25, 0.3) is 0 Å². The van der Waals surface area contributed by atoms with Crippen molar-refractivity contribution in [2.45, 2.75) is 32.2 Å². The van der Waals surface area contributed by atoms with Crippen LogP contribution in [0.15, 0.2) is 48.8 Å². The molecule has 5 rings (SSSR count). The second kappa shape index (κ2) is 7.65. The SMILES string of the molecule is Cc1ncn(-c2ccc(Nc3nc4n(n3)CCCC4c3ccc(F)cc3)cc2C#N)n1. The number of benzene rings is 2. The van der Waals surface area contributed by atoms with Gasteiger partial charge in [-0.1, -0.05) is 12.1 Å². The maximum Gasteiger partial charge on any atom is 0.246 e. The molecule has 8 nitrogen and oxygen atoms in total. The maximum atomic E-state index is 13.3. The third-order valence-electron chi connectivity index (χ3n) is 5.37. The molecule has 0 amide bonds. The first kappa shape index (κ1) is 18.9. The van der Waals surface area contributed by atoms with Crippen molar-refractivity contribution in [3.63, 3.8) is 0 Å². The molecule has 0 spiro atoms. The lowest BCUT2D eigenvalue weighted by atomic mass is 9.91. The second-order valence-electron chi connectivity index (χ2n) is 7.47. The summed E-state index contributed by atoms with van der Waals surface area (Å²) in [6.07, 6.45) is 3.50. The van der Waals surface area contributed by atoms with Crippen molar-refractivity contribution in [3.05, 3.63) is 77.4 Å². The Kier molecular flexibility index (Phi) is 4.67. The smallest absolute Gasteiger partial charge is 0.246 e. The minimum Gasteiger partial charge on any atom is -0.323 e. The molecule has 2 aromatic heterocycles. The van der Waals surface area contributed by atoms with Crippen molar-refractivity contribution >= 4 is 11.6 Å². The Morgan fingerprint density at radius 3 is 2.74 bits per heavy atom. The molecule has 0 saturated heterocycles. The number of anilines is 2. The van der Waals surface area contributed by atoms with Crippen molar-refractivity contribution < 1.29 is 4.39 Å². The van der Waals surface area contributed by atoms with Crippen LogP contribution in [0.4, 0.5) is 16.0 Å². The van der Waals surface area contributed by atoms with Crippen LogP contribution in [-0.2, 0) is 6.54 Å². The lowest BCUT2D eigenvalue weighted by molar-refractivity contribution is 0.446. The van der Waals surface area contributed by atoms with E-state index >= 15 is 0 Å². The summed E-state index contributed by atoms with van der Waals surface area (Å²) in [7, 11) is 0. The fourth-order valence-corrected chi connectivity index (χ4v) is 3.91. The maximum absolute atomic E-state index is 13.3. The highest BCUT2D eigenvalue weighted by Crippen LogP contribution is 2.33. The minimum atomic E-state index is -0.249. The molecule has 1 aliphatic heterocycles. The molecule has 0 radical (unpaired) electrons. The van der Waals surface area contributed by atoms with Gasteiger partial charge in [-0.3, -0.25) is 0 Å². The Labute approximate surface area is 178 Å². The fraction of sp³-hybridized carbons (Fsp3) is 0.227. The molecule has 1 aliphatic rings. The third kappa shape index (κ3) is 3.64. The molecule has 0 saturated carbocycles. The zero-order chi connectivity index (χ0) is 21.4. The lowest BCUT2D eigenvalue weighted by Crippen LogP contribution is -2.17. The number of hydrogen-bond donors (Lipinski definition) is 1. The third-order valence-corrected chi connectivity index (χ3v) is 5.37. The number of nitrogens with zero attached hydrogens (tertiary/aromatic N) is 7. The predicted molar refractivity (Wildman–Crippen MR) is 112 cm³/mol. The summed E-state index contributed by atoms with van der Waals surface area (Å²) in [4.78, 5) is 8.82. The Balaban J connectivity index is 1.42. The molecule has 0 bridgehead atoms. The van der Waals surface area contributed by atoms with E-state index in [1.807, 2.05) is 16.8 Å². The van der Waals surface area contributed by atoms with E-state index in [4.69, 9.17) is 4.98 Å². The fourth-order valence-electron chi connectivity index (χ4n) is 3.91. The van der Waals surface area contributed by atoms with E-state index in [0.717, 1.165) is 30.8 Å². The molecule has 1 atom stereocenters. The average molecular weight is 414 g/mol. The van der Waals surface area contributed by atoms with E-state index < -0.39 is 0 Å². The van der Waals surface area contributed by atoms with Gasteiger partial charge in [-0.25, -0.2) is 18.7 Å². The van der Waals surface area contributed by atoms with Crippen LogP contribution < -0.4 is 5.32 Å². The van der Waals surface area contributed by atoms with Crippen LogP contribution in [0.5, 0.6) is 0 Å². The van der Waals surface area contributed by atoms with Crippen molar-refractivity contribution in [3.8, 4) is 11.8 Å². The van der Waals surface area contributed by atoms with E-state index in [0.29, 0.717) is 28.7 Å². The number of nitrogens with one attached hydrogen (secondary N) is 1. The van der Waals surface area contributed by atoms with Gasteiger partial charge in [0, 0.05) is 18.2 Å². The number of halogens is 1. The summed E-state index contributed by atoms with van der Waals surface area (Å²) in [5.74, 6) is 1.79. The summed E-state index contributed by atoms with van der Waals surface area (Å²) in [6.45, 7) is 2.58. The van der Waals surface area contributed by atoms with Gasteiger partial charge in [0.15, 0.2) is 0 Å². The molecule has 31 heavy (non-hydrogen) atoms. The van der Waals surface area contributed by atoms with E-state index in [1.54, 1.807) is 36.1 Å². The van der Waals surface area contributed by atoms with Crippen LogP contribution in [0.3, 0.4) is 0 Å². The van der Waals surface area contributed by atoms with E-state index in [2.05, 4.69) is 26.6 Å². The van der Waals surface area contributed by atoms with E-state index in [-0.39, 0.29) is 11.7 Å². The Hall–Kier alpha value is -4.06. The van der Waals surface area contributed by atoms with Gasteiger partial charge in [-0.15, -0.1) is 5.10 Å². The predicted octanol–water partition coefficient (Wildman–Crippen LogP) is 3.85. The minimum absolute atomic E-state index is 0.0741. The monoisotopic (exact) mass is 414 g/mol. The number of aryl methyl sites for hydroxylation is 2.